The van der Waals surface area contributed by atoms with E-state index in [4.69, 9.17) is 16.3 Å². The van der Waals surface area contributed by atoms with Gasteiger partial charge in [0.2, 0.25) is 5.69 Å². The minimum Gasteiger partial charge on any atom is -0.618 e. The zero-order chi connectivity index (χ0) is 16.8. The van der Waals surface area contributed by atoms with E-state index in [-0.39, 0.29) is 28.5 Å². The number of ether oxygens (including phenoxy) is 1. The highest BCUT2D eigenvalue weighted by Crippen LogP contribution is 2.46. The zero-order valence-electron chi connectivity index (χ0n) is 12.8. The van der Waals surface area contributed by atoms with Crippen molar-refractivity contribution in [3.05, 3.63) is 63.8 Å². The van der Waals surface area contributed by atoms with E-state index in [1.807, 2.05) is 13.8 Å². The van der Waals surface area contributed by atoms with Gasteiger partial charge in [0.25, 0.3) is 0 Å². The number of nitrogens with zero attached hydrogens (tertiary/aromatic N) is 1. The molecule has 2 heterocycles. The summed E-state index contributed by atoms with van der Waals surface area (Å²) in [5.41, 5.74) is -1.77. The molecule has 122 valence electrons. The summed E-state index contributed by atoms with van der Waals surface area (Å²) in [6.45, 7) is 4.15. The van der Waals surface area contributed by atoms with Crippen LogP contribution in [-0.2, 0) is 5.60 Å². The fourth-order valence-electron chi connectivity index (χ4n) is 3.06. The monoisotopic (exact) mass is 337 g/mol. The predicted octanol–water partition coefficient (Wildman–Crippen LogP) is 3.16. The van der Waals surface area contributed by atoms with E-state index in [9.17, 15) is 14.7 Å². The Hall–Kier alpha value is -1.85. The standard InChI is InChI=1S/C17H17ClFNO3/c1-16(2)9-17(21,15-5-3-4-6-20(15)22)11-7-13(19)12(18)8-14(11)23-10-16/h3-8,21H,9-10H2,1-2H3. The summed E-state index contributed by atoms with van der Waals surface area (Å²) in [4.78, 5) is 0. The second kappa shape index (κ2) is 5.35. The summed E-state index contributed by atoms with van der Waals surface area (Å²) in [6.07, 6.45) is 1.51. The molecule has 0 aliphatic carbocycles. The molecule has 0 bridgehead atoms. The topological polar surface area (TPSA) is 56.4 Å². The molecule has 6 heteroatoms. The maximum atomic E-state index is 14.0. The molecule has 1 aliphatic heterocycles. The summed E-state index contributed by atoms with van der Waals surface area (Å²) in [7, 11) is 0. The Labute approximate surface area is 138 Å². The molecule has 0 saturated carbocycles. The van der Waals surface area contributed by atoms with Crippen molar-refractivity contribution in [1.29, 1.82) is 0 Å². The van der Waals surface area contributed by atoms with Crippen molar-refractivity contribution in [1.82, 2.24) is 0 Å². The van der Waals surface area contributed by atoms with Crippen molar-refractivity contribution in [3.63, 3.8) is 0 Å². The molecule has 1 unspecified atom stereocenters. The Balaban J connectivity index is 2.29. The summed E-state index contributed by atoms with van der Waals surface area (Å²) >= 11 is 5.84. The molecule has 1 atom stereocenters. The van der Waals surface area contributed by atoms with Gasteiger partial charge < -0.3 is 15.1 Å². The number of aromatic nitrogens is 1. The minimum atomic E-state index is -1.68. The Kier molecular flexibility index (Phi) is 3.73. The highest BCUT2D eigenvalue weighted by molar-refractivity contribution is 6.30. The van der Waals surface area contributed by atoms with Crippen LogP contribution in [0.25, 0.3) is 0 Å². The molecular weight excluding hydrogens is 321 g/mol. The lowest BCUT2D eigenvalue weighted by Crippen LogP contribution is -2.44. The zero-order valence-corrected chi connectivity index (χ0v) is 13.6. The lowest BCUT2D eigenvalue weighted by Gasteiger charge is -2.31. The van der Waals surface area contributed by atoms with Crippen molar-refractivity contribution in [3.8, 4) is 5.75 Å². The van der Waals surface area contributed by atoms with E-state index in [2.05, 4.69) is 0 Å². The van der Waals surface area contributed by atoms with Crippen LogP contribution in [0.3, 0.4) is 0 Å². The van der Waals surface area contributed by atoms with Gasteiger partial charge in [-0.2, -0.15) is 4.73 Å². The van der Waals surface area contributed by atoms with Crippen LogP contribution in [0.4, 0.5) is 4.39 Å². The van der Waals surface area contributed by atoms with Gasteiger partial charge in [0.15, 0.2) is 11.8 Å². The number of hydrogen-bond acceptors (Lipinski definition) is 3. The van der Waals surface area contributed by atoms with Gasteiger partial charge in [-0.05, 0) is 18.6 Å². The van der Waals surface area contributed by atoms with Gasteiger partial charge in [-0.3, -0.25) is 0 Å². The number of aliphatic hydroxyl groups is 1. The van der Waals surface area contributed by atoms with E-state index in [0.717, 1.165) is 6.07 Å². The lowest BCUT2D eigenvalue weighted by molar-refractivity contribution is -0.622. The van der Waals surface area contributed by atoms with E-state index in [1.54, 1.807) is 12.1 Å². The molecule has 1 aliphatic rings. The summed E-state index contributed by atoms with van der Waals surface area (Å²) in [6, 6.07) is 7.25. The minimum absolute atomic E-state index is 0.0890. The van der Waals surface area contributed by atoms with Crippen molar-refractivity contribution < 1.29 is 19.0 Å². The molecule has 2 aromatic rings. The average Bonchev–Trinajstić information content (AvgIpc) is 2.56. The summed E-state index contributed by atoms with van der Waals surface area (Å²) < 4.78 is 20.3. The SMILES string of the molecule is CC1(C)COc2cc(Cl)c(F)cc2C(O)(c2cccc[n+]2[O-])C1. The van der Waals surface area contributed by atoms with Crippen molar-refractivity contribution in [2.45, 2.75) is 25.9 Å². The van der Waals surface area contributed by atoms with E-state index in [1.165, 1.54) is 18.3 Å². The Morgan fingerprint density at radius 3 is 2.78 bits per heavy atom. The fraction of sp³-hybridized carbons (Fsp3) is 0.353. The van der Waals surface area contributed by atoms with Crippen LogP contribution in [0.15, 0.2) is 36.5 Å². The van der Waals surface area contributed by atoms with Crippen molar-refractivity contribution in [2.24, 2.45) is 5.41 Å². The number of halogens is 2. The van der Waals surface area contributed by atoms with Crippen LogP contribution in [0.1, 0.15) is 31.5 Å². The highest BCUT2D eigenvalue weighted by atomic mass is 35.5. The van der Waals surface area contributed by atoms with Crippen molar-refractivity contribution >= 4 is 11.6 Å². The maximum Gasteiger partial charge on any atom is 0.229 e. The normalized spacial score (nSPS) is 22.8. The van der Waals surface area contributed by atoms with E-state index >= 15 is 0 Å². The molecule has 1 N–H and O–H groups in total. The molecular formula is C17H17ClFNO3. The van der Waals surface area contributed by atoms with Crippen LogP contribution in [-0.4, -0.2) is 11.7 Å². The first kappa shape index (κ1) is 16.0. The van der Waals surface area contributed by atoms with Gasteiger partial charge in [0.05, 0.1) is 11.6 Å². The quantitative estimate of drug-likeness (QED) is 0.642. The molecule has 0 radical (unpaired) electrons. The summed E-state index contributed by atoms with van der Waals surface area (Å²) in [5, 5.41) is 23.5. The van der Waals surface area contributed by atoms with Gasteiger partial charge in [-0.15, -0.1) is 0 Å². The first-order valence-electron chi connectivity index (χ1n) is 7.26. The van der Waals surface area contributed by atoms with Crippen molar-refractivity contribution in [2.75, 3.05) is 6.61 Å². The molecule has 0 spiro atoms. The first-order valence-corrected chi connectivity index (χ1v) is 7.64. The van der Waals surface area contributed by atoms with Crippen LogP contribution in [0.2, 0.25) is 5.02 Å². The third-order valence-electron chi connectivity index (χ3n) is 4.07. The van der Waals surface area contributed by atoms with Gasteiger partial charge in [0, 0.05) is 29.2 Å². The Bertz CT molecular complexity index is 765. The number of hydrogen-bond donors (Lipinski definition) is 1. The predicted molar refractivity (Wildman–Crippen MR) is 83.7 cm³/mol. The second-order valence-corrected chi connectivity index (χ2v) is 7.07. The van der Waals surface area contributed by atoms with E-state index in [0.29, 0.717) is 11.3 Å². The maximum absolute atomic E-state index is 14.0. The molecule has 0 fully saturated rings. The Morgan fingerprint density at radius 2 is 2.09 bits per heavy atom. The Morgan fingerprint density at radius 1 is 1.35 bits per heavy atom. The van der Waals surface area contributed by atoms with Gasteiger partial charge in [-0.25, -0.2) is 4.39 Å². The van der Waals surface area contributed by atoms with Crippen LogP contribution in [0.5, 0.6) is 5.75 Å². The third kappa shape index (κ3) is 2.75. The fourth-order valence-corrected chi connectivity index (χ4v) is 3.21. The highest BCUT2D eigenvalue weighted by Gasteiger charge is 2.47. The number of rotatable bonds is 1. The molecule has 4 nitrogen and oxygen atoms in total. The van der Waals surface area contributed by atoms with Crippen LogP contribution >= 0.6 is 11.6 Å². The van der Waals surface area contributed by atoms with E-state index < -0.39 is 16.8 Å². The van der Waals surface area contributed by atoms with Gasteiger partial charge >= 0.3 is 0 Å². The third-order valence-corrected chi connectivity index (χ3v) is 4.36. The van der Waals surface area contributed by atoms with Crippen LogP contribution < -0.4 is 9.47 Å². The lowest BCUT2D eigenvalue weighted by atomic mass is 9.76. The first-order chi connectivity index (χ1) is 10.7. The average molecular weight is 338 g/mol. The smallest absolute Gasteiger partial charge is 0.229 e. The van der Waals surface area contributed by atoms with Gasteiger partial charge in [0.1, 0.15) is 11.6 Å². The number of pyridine rings is 1. The molecule has 23 heavy (non-hydrogen) atoms. The number of benzene rings is 1. The molecule has 3 rings (SSSR count). The molecule has 1 aromatic carbocycles. The molecule has 1 aromatic heterocycles. The summed E-state index contributed by atoms with van der Waals surface area (Å²) in [5.74, 6) is -0.381. The largest absolute Gasteiger partial charge is 0.618 e. The number of fused-ring (bicyclic) bond motifs is 1. The van der Waals surface area contributed by atoms with Crippen LogP contribution in [0, 0.1) is 16.4 Å². The molecule has 0 amide bonds. The van der Waals surface area contributed by atoms with Gasteiger partial charge in [-0.1, -0.05) is 25.4 Å². The second-order valence-electron chi connectivity index (χ2n) is 6.66. The molecule has 0 saturated heterocycles.